The third kappa shape index (κ3) is 5.97. The van der Waals surface area contributed by atoms with E-state index in [0.717, 1.165) is 16.2 Å². The molecule has 11 heteroatoms. The number of carbonyl (C=O) groups is 1. The molecule has 0 aromatic heterocycles. The summed E-state index contributed by atoms with van der Waals surface area (Å²) in [7, 11) is -1.08. The fraction of sp³-hybridized carbons (Fsp3) is 0.296. The van der Waals surface area contributed by atoms with Crippen LogP contribution in [0.2, 0.25) is 5.02 Å². The zero-order chi connectivity index (χ0) is 27.4. The highest BCUT2D eigenvalue weighted by molar-refractivity contribution is 7.92. The van der Waals surface area contributed by atoms with Gasteiger partial charge >= 0.3 is 0 Å². The fourth-order valence-corrected chi connectivity index (χ4v) is 5.49. The molecule has 0 unspecified atom stereocenters. The van der Waals surface area contributed by atoms with Crippen LogP contribution < -0.4 is 18.7 Å². The number of benzene rings is 3. The van der Waals surface area contributed by atoms with Crippen LogP contribution in [0.5, 0.6) is 11.5 Å². The van der Waals surface area contributed by atoms with Gasteiger partial charge in [0.15, 0.2) is 11.5 Å². The summed E-state index contributed by atoms with van der Waals surface area (Å²) in [6, 6.07) is 16.3. The molecule has 1 fully saturated rings. The van der Waals surface area contributed by atoms with Gasteiger partial charge in [0.2, 0.25) is 10.0 Å². The van der Waals surface area contributed by atoms with E-state index in [-0.39, 0.29) is 40.8 Å². The molecule has 4 rings (SSSR count). The van der Waals surface area contributed by atoms with E-state index in [1.54, 1.807) is 17.0 Å². The number of sulfonamides is 1. The smallest absolute Gasteiger partial charge is 0.256 e. The summed E-state index contributed by atoms with van der Waals surface area (Å²) in [4.78, 5) is 17.6. The topological polar surface area (TPSA) is 79.4 Å². The van der Waals surface area contributed by atoms with E-state index in [9.17, 15) is 17.6 Å². The fourth-order valence-electron chi connectivity index (χ4n) is 4.42. The lowest BCUT2D eigenvalue weighted by atomic mass is 10.1. The lowest BCUT2D eigenvalue weighted by Gasteiger charge is -2.37. The maximum Gasteiger partial charge on any atom is 0.256 e. The first kappa shape index (κ1) is 27.5. The molecule has 0 spiro atoms. The second-order valence-corrected chi connectivity index (χ2v) is 11.2. The van der Waals surface area contributed by atoms with Crippen LogP contribution in [-0.2, 0) is 16.6 Å². The second kappa shape index (κ2) is 11.5. The van der Waals surface area contributed by atoms with Crippen LogP contribution in [0.15, 0.2) is 60.7 Å². The van der Waals surface area contributed by atoms with Gasteiger partial charge in [-0.1, -0.05) is 35.9 Å². The SMILES string of the molecule is COc1cc(C(=O)N2CCN(c3cccc(Cl)c3)CC2)c(N(Cc2ccccc2F)S(C)(=O)=O)cc1OC. The lowest BCUT2D eigenvalue weighted by Crippen LogP contribution is -2.49. The van der Waals surface area contributed by atoms with Gasteiger partial charge in [-0.05, 0) is 30.3 Å². The summed E-state index contributed by atoms with van der Waals surface area (Å²) in [6.45, 7) is 1.65. The summed E-state index contributed by atoms with van der Waals surface area (Å²) in [5.74, 6) is -0.399. The Kier molecular flexibility index (Phi) is 8.32. The highest BCUT2D eigenvalue weighted by Crippen LogP contribution is 2.38. The van der Waals surface area contributed by atoms with Gasteiger partial charge in [-0.3, -0.25) is 9.10 Å². The number of carbonyl (C=O) groups excluding carboxylic acids is 1. The first-order valence-electron chi connectivity index (χ1n) is 11.9. The van der Waals surface area contributed by atoms with Gasteiger partial charge in [0.05, 0.1) is 38.3 Å². The molecule has 1 aliphatic rings. The largest absolute Gasteiger partial charge is 0.493 e. The van der Waals surface area contributed by atoms with E-state index < -0.39 is 15.8 Å². The maximum absolute atomic E-state index is 14.5. The number of rotatable bonds is 8. The van der Waals surface area contributed by atoms with E-state index in [2.05, 4.69) is 4.90 Å². The number of halogens is 2. The van der Waals surface area contributed by atoms with Crippen molar-refractivity contribution in [1.82, 2.24) is 4.90 Å². The first-order valence-corrected chi connectivity index (χ1v) is 14.1. The molecule has 1 aliphatic heterocycles. The standard InChI is InChI=1S/C27H29ClFN3O5S/c1-36-25-16-22(27(33)31-13-11-30(12-14-31)21-9-6-8-20(28)15-21)24(17-26(25)37-2)32(38(3,34)35)18-19-7-4-5-10-23(19)29/h4-10,15-17H,11-14,18H2,1-3H3. The van der Waals surface area contributed by atoms with Crippen molar-refractivity contribution in [3.05, 3.63) is 82.6 Å². The molecule has 0 saturated carbocycles. The van der Waals surface area contributed by atoms with Gasteiger partial charge in [0, 0.05) is 48.5 Å². The van der Waals surface area contributed by atoms with Crippen LogP contribution in [-0.4, -0.2) is 65.9 Å². The highest BCUT2D eigenvalue weighted by Gasteiger charge is 2.30. The monoisotopic (exact) mass is 561 g/mol. The van der Waals surface area contributed by atoms with Gasteiger partial charge < -0.3 is 19.3 Å². The number of hydrogen-bond acceptors (Lipinski definition) is 6. The zero-order valence-electron chi connectivity index (χ0n) is 21.4. The van der Waals surface area contributed by atoms with E-state index in [1.165, 1.54) is 44.6 Å². The van der Waals surface area contributed by atoms with E-state index >= 15 is 0 Å². The molecule has 38 heavy (non-hydrogen) atoms. The number of amides is 1. The quantitative estimate of drug-likeness (QED) is 0.405. The zero-order valence-corrected chi connectivity index (χ0v) is 22.9. The van der Waals surface area contributed by atoms with Crippen LogP contribution in [0.3, 0.4) is 0 Å². The predicted molar refractivity (Wildman–Crippen MR) is 147 cm³/mol. The third-order valence-corrected chi connectivity index (χ3v) is 7.77. The van der Waals surface area contributed by atoms with Crippen molar-refractivity contribution in [2.24, 2.45) is 0 Å². The molecule has 0 atom stereocenters. The van der Waals surface area contributed by atoms with Crippen LogP contribution in [0.4, 0.5) is 15.8 Å². The summed E-state index contributed by atoms with van der Waals surface area (Å²) in [5.41, 5.74) is 1.32. The Hall–Kier alpha value is -3.50. The van der Waals surface area contributed by atoms with Crippen molar-refractivity contribution in [3.8, 4) is 11.5 Å². The predicted octanol–water partition coefficient (Wildman–Crippen LogP) is 4.42. The molecule has 3 aromatic rings. The summed E-state index contributed by atoms with van der Waals surface area (Å²) >= 11 is 6.14. The van der Waals surface area contributed by atoms with Gasteiger partial charge in [0.1, 0.15) is 5.82 Å². The Morgan fingerprint density at radius 3 is 2.24 bits per heavy atom. The molecular formula is C27H29ClFN3O5S. The minimum Gasteiger partial charge on any atom is -0.493 e. The molecule has 0 radical (unpaired) electrons. The molecule has 1 amide bonds. The molecule has 202 valence electrons. The van der Waals surface area contributed by atoms with E-state index in [1.807, 2.05) is 18.2 Å². The number of nitrogens with zero attached hydrogens (tertiary/aromatic N) is 3. The molecule has 1 saturated heterocycles. The molecule has 1 heterocycles. The Balaban J connectivity index is 1.70. The van der Waals surface area contributed by atoms with Gasteiger partial charge in [-0.25, -0.2) is 12.8 Å². The minimum atomic E-state index is -3.93. The minimum absolute atomic E-state index is 0.0793. The van der Waals surface area contributed by atoms with Crippen molar-refractivity contribution in [2.45, 2.75) is 6.54 Å². The summed E-state index contributed by atoms with van der Waals surface area (Å²) in [5, 5.41) is 0.631. The number of anilines is 2. The van der Waals surface area contributed by atoms with Crippen LogP contribution in [0.25, 0.3) is 0 Å². The second-order valence-electron chi connectivity index (χ2n) is 8.84. The average Bonchev–Trinajstić information content (AvgIpc) is 2.91. The van der Waals surface area contributed by atoms with Crippen LogP contribution in [0, 0.1) is 5.82 Å². The molecule has 8 nitrogen and oxygen atoms in total. The van der Waals surface area contributed by atoms with Crippen LogP contribution >= 0.6 is 11.6 Å². The maximum atomic E-state index is 14.5. The molecule has 0 bridgehead atoms. The summed E-state index contributed by atoms with van der Waals surface area (Å²) < 4.78 is 52.3. The van der Waals surface area contributed by atoms with Crippen molar-refractivity contribution in [2.75, 3.05) is 55.9 Å². The lowest BCUT2D eigenvalue weighted by molar-refractivity contribution is 0.0747. The number of methoxy groups -OCH3 is 2. The van der Waals surface area contributed by atoms with E-state index in [0.29, 0.717) is 31.2 Å². The normalized spacial score (nSPS) is 13.8. The Morgan fingerprint density at radius 1 is 0.974 bits per heavy atom. The Morgan fingerprint density at radius 2 is 1.63 bits per heavy atom. The Labute approximate surface area is 227 Å². The van der Waals surface area contributed by atoms with Gasteiger partial charge in [-0.15, -0.1) is 0 Å². The van der Waals surface area contributed by atoms with Crippen molar-refractivity contribution in [1.29, 1.82) is 0 Å². The molecule has 0 N–H and O–H groups in total. The molecular weight excluding hydrogens is 533 g/mol. The molecule has 0 aliphatic carbocycles. The van der Waals surface area contributed by atoms with Crippen molar-refractivity contribution >= 4 is 38.9 Å². The van der Waals surface area contributed by atoms with E-state index in [4.69, 9.17) is 21.1 Å². The molecule has 3 aromatic carbocycles. The third-order valence-electron chi connectivity index (χ3n) is 6.41. The van der Waals surface area contributed by atoms with Crippen LogP contribution in [0.1, 0.15) is 15.9 Å². The Bertz CT molecular complexity index is 1430. The number of hydrogen-bond donors (Lipinski definition) is 0. The van der Waals surface area contributed by atoms with Crippen molar-refractivity contribution in [3.63, 3.8) is 0 Å². The first-order chi connectivity index (χ1) is 18.1. The van der Waals surface area contributed by atoms with Gasteiger partial charge in [-0.2, -0.15) is 0 Å². The van der Waals surface area contributed by atoms with Crippen molar-refractivity contribution < 1.29 is 27.1 Å². The van der Waals surface area contributed by atoms with Gasteiger partial charge in [0.25, 0.3) is 5.91 Å². The number of ether oxygens (including phenoxy) is 2. The summed E-state index contributed by atoms with van der Waals surface area (Å²) in [6.07, 6.45) is 1.02. The number of piperazine rings is 1. The highest BCUT2D eigenvalue weighted by atomic mass is 35.5. The average molecular weight is 562 g/mol.